The summed E-state index contributed by atoms with van der Waals surface area (Å²) in [6, 6.07) is 3.71. The Morgan fingerprint density at radius 3 is 2.80 bits per heavy atom. The number of hydrogen-bond donors (Lipinski definition) is 0. The quantitative estimate of drug-likeness (QED) is 0.747. The molecule has 4 nitrogen and oxygen atoms in total. The van der Waals surface area contributed by atoms with Crippen molar-refractivity contribution in [1.82, 2.24) is 14.8 Å². The van der Waals surface area contributed by atoms with Crippen molar-refractivity contribution in [3.8, 4) is 17.1 Å². The minimum Gasteiger partial charge on any atom is -0.497 e. The van der Waals surface area contributed by atoms with E-state index in [9.17, 15) is 0 Å². The number of aromatic nitrogens is 3. The molecule has 0 aliphatic heterocycles. The summed E-state index contributed by atoms with van der Waals surface area (Å²) >= 11 is 0. The first kappa shape index (κ1) is 9.71. The van der Waals surface area contributed by atoms with E-state index >= 15 is 0 Å². The molecule has 0 saturated heterocycles. The molecule has 0 atom stereocenters. The lowest BCUT2D eigenvalue weighted by Gasteiger charge is -2.01. The molecule has 0 radical (unpaired) electrons. The Hall–Kier alpha value is -1.84. The van der Waals surface area contributed by atoms with Gasteiger partial charge < -0.3 is 4.74 Å². The fourth-order valence-electron chi connectivity index (χ4n) is 1.53. The number of pyridine rings is 1. The highest BCUT2D eigenvalue weighted by Crippen LogP contribution is 2.22. The molecule has 78 valence electrons. The van der Waals surface area contributed by atoms with Crippen LogP contribution in [0.25, 0.3) is 11.4 Å². The summed E-state index contributed by atoms with van der Waals surface area (Å²) in [5.41, 5.74) is 2.85. The first-order valence-corrected chi connectivity index (χ1v) is 4.71. The molecule has 4 heteroatoms. The normalized spacial score (nSPS) is 10.3. The Kier molecular flexibility index (Phi) is 2.41. The van der Waals surface area contributed by atoms with Gasteiger partial charge in [-0.25, -0.2) is 0 Å². The largest absolute Gasteiger partial charge is 0.497 e. The molecule has 0 aromatic carbocycles. The summed E-state index contributed by atoms with van der Waals surface area (Å²) in [5, 5.41) is 4.35. The summed E-state index contributed by atoms with van der Waals surface area (Å²) in [7, 11) is 3.54. The molecule has 2 heterocycles. The maximum absolute atomic E-state index is 5.15. The molecule has 0 fully saturated rings. The Morgan fingerprint density at radius 2 is 2.20 bits per heavy atom. The van der Waals surface area contributed by atoms with Crippen molar-refractivity contribution in [3.05, 3.63) is 30.1 Å². The number of nitrogens with zero attached hydrogens (tertiary/aromatic N) is 3. The van der Waals surface area contributed by atoms with E-state index in [1.54, 1.807) is 18.0 Å². The van der Waals surface area contributed by atoms with Gasteiger partial charge in [0.1, 0.15) is 11.4 Å². The van der Waals surface area contributed by atoms with Crippen LogP contribution in [0.4, 0.5) is 0 Å². The molecule has 15 heavy (non-hydrogen) atoms. The first-order chi connectivity index (χ1) is 7.20. The van der Waals surface area contributed by atoms with E-state index in [1.165, 1.54) is 0 Å². The lowest BCUT2D eigenvalue weighted by Crippen LogP contribution is -1.91. The average molecular weight is 203 g/mol. The predicted molar refractivity (Wildman–Crippen MR) is 57.7 cm³/mol. The fourth-order valence-corrected chi connectivity index (χ4v) is 1.53. The highest BCUT2D eigenvalue weighted by molar-refractivity contribution is 5.59. The fraction of sp³-hybridized carbons (Fsp3) is 0.273. The van der Waals surface area contributed by atoms with Gasteiger partial charge in [0.2, 0.25) is 0 Å². The van der Waals surface area contributed by atoms with Gasteiger partial charge in [-0.15, -0.1) is 0 Å². The Labute approximate surface area is 88.5 Å². The van der Waals surface area contributed by atoms with E-state index in [4.69, 9.17) is 4.74 Å². The highest BCUT2D eigenvalue weighted by atomic mass is 16.5. The number of methoxy groups -OCH3 is 1. The van der Waals surface area contributed by atoms with Crippen LogP contribution in [0.1, 0.15) is 5.56 Å². The van der Waals surface area contributed by atoms with Crippen LogP contribution in [0.15, 0.2) is 24.5 Å². The number of hydrogen-bond acceptors (Lipinski definition) is 3. The molecule has 2 rings (SSSR count). The van der Waals surface area contributed by atoms with Crippen molar-refractivity contribution >= 4 is 0 Å². The Morgan fingerprint density at radius 1 is 1.40 bits per heavy atom. The summed E-state index contributed by atoms with van der Waals surface area (Å²) in [5.74, 6) is 0.796. The van der Waals surface area contributed by atoms with Crippen LogP contribution < -0.4 is 4.74 Å². The number of aryl methyl sites for hydroxylation is 2. The number of rotatable bonds is 2. The van der Waals surface area contributed by atoms with Gasteiger partial charge in [0.25, 0.3) is 0 Å². The van der Waals surface area contributed by atoms with Gasteiger partial charge in [-0.05, 0) is 18.6 Å². The van der Waals surface area contributed by atoms with E-state index in [0.29, 0.717) is 0 Å². The summed E-state index contributed by atoms with van der Waals surface area (Å²) in [6.07, 6.45) is 3.69. The molecule has 0 N–H and O–H groups in total. The molecule has 2 aromatic heterocycles. The first-order valence-electron chi connectivity index (χ1n) is 4.71. The highest BCUT2D eigenvalue weighted by Gasteiger charge is 2.08. The van der Waals surface area contributed by atoms with Crippen LogP contribution in [0, 0.1) is 6.92 Å². The van der Waals surface area contributed by atoms with E-state index < -0.39 is 0 Å². The molecule has 0 bridgehead atoms. The van der Waals surface area contributed by atoms with Crippen LogP contribution >= 0.6 is 0 Å². The van der Waals surface area contributed by atoms with Gasteiger partial charge in [0.15, 0.2) is 0 Å². The van der Waals surface area contributed by atoms with Gasteiger partial charge in [-0.1, -0.05) is 0 Å². The smallest absolute Gasteiger partial charge is 0.122 e. The maximum atomic E-state index is 5.15. The third kappa shape index (κ3) is 1.83. The van der Waals surface area contributed by atoms with Crippen molar-refractivity contribution in [3.63, 3.8) is 0 Å². The van der Waals surface area contributed by atoms with Crippen molar-refractivity contribution in [1.29, 1.82) is 0 Å². The van der Waals surface area contributed by atoms with Gasteiger partial charge >= 0.3 is 0 Å². The minimum atomic E-state index is 0.796. The maximum Gasteiger partial charge on any atom is 0.122 e. The molecule has 0 saturated carbocycles. The topological polar surface area (TPSA) is 39.9 Å². The van der Waals surface area contributed by atoms with Crippen LogP contribution in [0.2, 0.25) is 0 Å². The van der Waals surface area contributed by atoms with Crippen molar-refractivity contribution in [2.24, 2.45) is 7.05 Å². The van der Waals surface area contributed by atoms with E-state index in [0.717, 1.165) is 22.7 Å². The van der Waals surface area contributed by atoms with E-state index in [-0.39, 0.29) is 0 Å². The zero-order valence-corrected chi connectivity index (χ0v) is 9.06. The summed E-state index contributed by atoms with van der Waals surface area (Å²) < 4.78 is 6.93. The standard InChI is InChI=1S/C11H13N3O/c1-8-7-14(2)13-11(8)10-6-9(15-3)4-5-12-10/h4-7H,1-3H3. The van der Waals surface area contributed by atoms with Crippen molar-refractivity contribution < 1.29 is 4.74 Å². The third-order valence-corrected chi connectivity index (χ3v) is 2.22. The minimum absolute atomic E-state index is 0.796. The van der Waals surface area contributed by atoms with Crippen molar-refractivity contribution in [2.75, 3.05) is 7.11 Å². The SMILES string of the molecule is COc1ccnc(-c2nn(C)cc2C)c1. The Balaban J connectivity index is 2.49. The predicted octanol–water partition coefficient (Wildman–Crippen LogP) is 1.80. The van der Waals surface area contributed by atoms with Crippen LogP contribution in [0.3, 0.4) is 0 Å². The van der Waals surface area contributed by atoms with Gasteiger partial charge in [0.05, 0.1) is 12.8 Å². The molecule has 0 aliphatic rings. The zero-order valence-electron chi connectivity index (χ0n) is 9.06. The van der Waals surface area contributed by atoms with Crippen LogP contribution in [-0.2, 0) is 7.05 Å². The summed E-state index contributed by atoms with van der Waals surface area (Å²) in [6.45, 7) is 2.02. The van der Waals surface area contributed by atoms with Gasteiger partial charge in [-0.2, -0.15) is 5.10 Å². The molecule has 2 aromatic rings. The molecule has 0 unspecified atom stereocenters. The van der Waals surface area contributed by atoms with Gasteiger partial charge in [-0.3, -0.25) is 9.67 Å². The van der Waals surface area contributed by atoms with E-state index in [2.05, 4.69) is 10.1 Å². The van der Waals surface area contributed by atoms with Crippen LogP contribution in [0.5, 0.6) is 5.75 Å². The Bertz CT molecular complexity index is 476. The second kappa shape index (κ2) is 3.73. The molecule has 0 amide bonds. The lowest BCUT2D eigenvalue weighted by atomic mass is 10.2. The van der Waals surface area contributed by atoms with E-state index in [1.807, 2.05) is 32.3 Å². The number of ether oxygens (including phenoxy) is 1. The van der Waals surface area contributed by atoms with Crippen molar-refractivity contribution in [2.45, 2.75) is 6.92 Å². The molecule has 0 spiro atoms. The monoisotopic (exact) mass is 203 g/mol. The van der Waals surface area contributed by atoms with Crippen LogP contribution in [-0.4, -0.2) is 21.9 Å². The lowest BCUT2D eigenvalue weighted by molar-refractivity contribution is 0.414. The second-order valence-electron chi connectivity index (χ2n) is 3.42. The average Bonchev–Trinajstić information content (AvgIpc) is 2.58. The zero-order chi connectivity index (χ0) is 10.8. The van der Waals surface area contributed by atoms with Gasteiger partial charge in [0, 0.05) is 25.5 Å². The summed E-state index contributed by atoms with van der Waals surface area (Å²) in [4.78, 5) is 4.28. The molecular weight excluding hydrogens is 190 g/mol. The third-order valence-electron chi connectivity index (χ3n) is 2.22. The molecule has 0 aliphatic carbocycles. The molecular formula is C11H13N3O. The second-order valence-corrected chi connectivity index (χ2v) is 3.42.